The number of benzene rings is 3. The summed E-state index contributed by atoms with van der Waals surface area (Å²) in [6, 6.07) is 29.9. The van der Waals surface area contributed by atoms with Crippen molar-refractivity contribution in [2.24, 2.45) is 0 Å². The van der Waals surface area contributed by atoms with Crippen LogP contribution in [-0.4, -0.2) is 36.1 Å². The molecule has 45 heavy (non-hydrogen) atoms. The van der Waals surface area contributed by atoms with E-state index in [1.165, 1.54) is 17.8 Å². The molecule has 224 valence electrons. The van der Waals surface area contributed by atoms with E-state index in [1.54, 1.807) is 75.0 Å². The fourth-order valence-electron chi connectivity index (χ4n) is 4.53. The summed E-state index contributed by atoms with van der Waals surface area (Å²) in [5, 5.41) is 15.0. The molecule has 7 nitrogen and oxygen atoms in total. The number of hydrogen-bond acceptors (Lipinski definition) is 8. The quantitative estimate of drug-likeness (QED) is 0.0888. The van der Waals surface area contributed by atoms with Crippen LogP contribution in [0, 0.1) is 11.3 Å². The maximum Gasteiger partial charge on any atom is 0.237 e. The molecule has 0 saturated carbocycles. The van der Waals surface area contributed by atoms with Crippen molar-refractivity contribution in [3.05, 3.63) is 118 Å². The smallest absolute Gasteiger partial charge is 0.237 e. The fraction of sp³-hybridized carbons (Fsp3) is 0.111. The SMILES string of the molecule is COc1ccc(OC)c(-c2cc(-c3ccccc3)nc(S[C@@H](C)C(=O)Nc3ccc(C(=O)/C=C/c4cccs4)cc3)c2C#N)c1. The second kappa shape index (κ2) is 14.5. The Hall–Kier alpha value is -5.17. The molecule has 0 aliphatic heterocycles. The number of ether oxygens (including phenoxy) is 2. The van der Waals surface area contributed by atoms with E-state index in [-0.39, 0.29) is 11.7 Å². The Morgan fingerprint density at radius 3 is 2.40 bits per heavy atom. The van der Waals surface area contributed by atoms with Crippen LogP contribution in [0.25, 0.3) is 28.5 Å². The molecule has 0 fully saturated rings. The predicted molar refractivity (Wildman–Crippen MR) is 181 cm³/mol. The van der Waals surface area contributed by atoms with Crippen molar-refractivity contribution in [3.63, 3.8) is 0 Å². The van der Waals surface area contributed by atoms with E-state index in [9.17, 15) is 14.9 Å². The van der Waals surface area contributed by atoms with Gasteiger partial charge in [0.2, 0.25) is 5.91 Å². The number of carbonyl (C=O) groups excluding carboxylic acids is 2. The number of aromatic nitrogens is 1. The van der Waals surface area contributed by atoms with E-state index in [0.717, 1.165) is 10.4 Å². The van der Waals surface area contributed by atoms with Crippen LogP contribution in [0.1, 0.15) is 27.7 Å². The molecule has 9 heteroatoms. The van der Waals surface area contributed by atoms with Crippen molar-refractivity contribution in [1.29, 1.82) is 5.26 Å². The molecule has 5 aromatic rings. The molecule has 0 aliphatic rings. The van der Waals surface area contributed by atoms with Crippen LogP contribution in [0.2, 0.25) is 0 Å². The summed E-state index contributed by atoms with van der Waals surface area (Å²) in [6.07, 6.45) is 3.32. The molecule has 1 amide bonds. The van der Waals surface area contributed by atoms with E-state index in [4.69, 9.17) is 14.5 Å². The molecule has 0 spiro atoms. The molecule has 3 aromatic carbocycles. The lowest BCUT2D eigenvalue weighted by Gasteiger charge is -2.17. The van der Waals surface area contributed by atoms with E-state index < -0.39 is 5.25 Å². The van der Waals surface area contributed by atoms with Gasteiger partial charge in [0.05, 0.1) is 30.7 Å². The summed E-state index contributed by atoms with van der Waals surface area (Å²) < 4.78 is 11.1. The average Bonchev–Trinajstić information content (AvgIpc) is 3.61. The molecule has 0 radical (unpaired) electrons. The first kappa shape index (κ1) is 31.3. The van der Waals surface area contributed by atoms with Crippen LogP contribution in [0.5, 0.6) is 11.5 Å². The van der Waals surface area contributed by atoms with Gasteiger partial charge >= 0.3 is 0 Å². The van der Waals surface area contributed by atoms with E-state index in [2.05, 4.69) is 11.4 Å². The Morgan fingerprint density at radius 1 is 0.956 bits per heavy atom. The molecule has 1 N–H and O–H groups in total. The van der Waals surface area contributed by atoms with Gasteiger partial charge in [-0.1, -0.05) is 48.2 Å². The minimum absolute atomic E-state index is 0.123. The number of pyridine rings is 1. The van der Waals surface area contributed by atoms with Crippen LogP contribution in [0.4, 0.5) is 5.69 Å². The Labute approximate surface area is 270 Å². The van der Waals surface area contributed by atoms with Crippen LogP contribution >= 0.6 is 23.1 Å². The number of thioether (sulfide) groups is 1. The van der Waals surface area contributed by atoms with E-state index >= 15 is 0 Å². The zero-order chi connectivity index (χ0) is 31.8. The zero-order valence-electron chi connectivity index (χ0n) is 24.8. The van der Waals surface area contributed by atoms with Crippen LogP contribution in [0.3, 0.4) is 0 Å². The van der Waals surface area contributed by atoms with Crippen molar-refractivity contribution >= 4 is 46.6 Å². The number of anilines is 1. The highest BCUT2D eigenvalue weighted by atomic mass is 32.2. The highest BCUT2D eigenvalue weighted by Crippen LogP contribution is 2.40. The Morgan fingerprint density at radius 2 is 1.73 bits per heavy atom. The van der Waals surface area contributed by atoms with Gasteiger partial charge in [-0.15, -0.1) is 11.3 Å². The molecule has 0 bridgehead atoms. The van der Waals surface area contributed by atoms with Crippen molar-refractivity contribution in [1.82, 2.24) is 4.98 Å². The standard InChI is InChI=1S/C36H29N3O4S2/c1-23(35(41)38-26-13-11-25(12-14-26)33(40)17-16-28-10-7-19-44-28)45-36-31(22-37)29(21-32(39-36)24-8-5-4-6-9-24)30-20-27(42-2)15-18-34(30)43-3/h4-21,23H,1-3H3,(H,38,41)/b17-16+/t23-/m0/s1. The van der Waals surface area contributed by atoms with Gasteiger partial charge in [0.15, 0.2) is 5.78 Å². The second-order valence-corrected chi connectivity index (χ2v) is 12.1. The zero-order valence-corrected chi connectivity index (χ0v) is 26.4. The molecule has 0 aliphatic carbocycles. The fourth-order valence-corrected chi connectivity index (χ4v) is 6.07. The summed E-state index contributed by atoms with van der Waals surface area (Å²) >= 11 is 2.75. The van der Waals surface area contributed by atoms with Gasteiger partial charge in [0, 0.05) is 32.8 Å². The Kier molecular flexibility index (Phi) is 10.1. The van der Waals surface area contributed by atoms with E-state index in [0.29, 0.717) is 50.2 Å². The third kappa shape index (κ3) is 7.50. The largest absolute Gasteiger partial charge is 0.497 e. The van der Waals surface area contributed by atoms with Gasteiger partial charge in [-0.25, -0.2) is 4.98 Å². The van der Waals surface area contributed by atoms with E-state index in [1.807, 2.05) is 60.0 Å². The Bertz CT molecular complexity index is 1880. The summed E-state index contributed by atoms with van der Waals surface area (Å²) in [4.78, 5) is 31.7. The van der Waals surface area contributed by atoms with Gasteiger partial charge in [0.25, 0.3) is 0 Å². The number of rotatable bonds is 11. The first-order valence-corrected chi connectivity index (χ1v) is 15.7. The van der Waals surface area contributed by atoms with Crippen molar-refractivity contribution in [3.8, 4) is 40.0 Å². The van der Waals surface area contributed by atoms with Gasteiger partial charge in [-0.2, -0.15) is 5.26 Å². The highest BCUT2D eigenvalue weighted by molar-refractivity contribution is 8.00. The average molecular weight is 632 g/mol. The lowest BCUT2D eigenvalue weighted by Crippen LogP contribution is -2.22. The summed E-state index contributed by atoms with van der Waals surface area (Å²) in [6.45, 7) is 1.76. The molecule has 2 heterocycles. The number of ketones is 1. The first-order valence-electron chi connectivity index (χ1n) is 14.0. The minimum Gasteiger partial charge on any atom is -0.497 e. The third-order valence-electron chi connectivity index (χ3n) is 6.90. The maximum absolute atomic E-state index is 13.3. The number of methoxy groups -OCH3 is 2. The number of thiophene rings is 1. The first-order chi connectivity index (χ1) is 21.9. The number of amides is 1. The third-order valence-corrected chi connectivity index (χ3v) is 8.83. The predicted octanol–water partition coefficient (Wildman–Crippen LogP) is 8.38. The van der Waals surface area contributed by atoms with Crippen LogP contribution < -0.4 is 14.8 Å². The number of allylic oxidation sites excluding steroid dienone is 1. The van der Waals surface area contributed by atoms with Crippen LogP contribution in [0.15, 0.2) is 107 Å². The minimum atomic E-state index is -0.606. The molecule has 0 saturated heterocycles. The van der Waals surface area contributed by atoms with Gasteiger partial charge in [-0.3, -0.25) is 9.59 Å². The van der Waals surface area contributed by atoms with Crippen LogP contribution in [-0.2, 0) is 4.79 Å². The maximum atomic E-state index is 13.3. The van der Waals surface area contributed by atoms with Gasteiger partial charge in [0.1, 0.15) is 22.6 Å². The van der Waals surface area contributed by atoms with Crippen molar-refractivity contribution < 1.29 is 19.1 Å². The van der Waals surface area contributed by atoms with Crippen molar-refractivity contribution in [2.45, 2.75) is 17.2 Å². The van der Waals surface area contributed by atoms with Gasteiger partial charge < -0.3 is 14.8 Å². The number of nitriles is 1. The monoisotopic (exact) mass is 631 g/mol. The summed E-state index contributed by atoms with van der Waals surface area (Å²) in [5.74, 6) is 0.791. The Balaban J connectivity index is 1.41. The lowest BCUT2D eigenvalue weighted by atomic mass is 9.98. The lowest BCUT2D eigenvalue weighted by molar-refractivity contribution is -0.115. The normalized spacial score (nSPS) is 11.5. The molecule has 5 rings (SSSR count). The van der Waals surface area contributed by atoms with Gasteiger partial charge in [-0.05, 0) is 79.1 Å². The highest BCUT2D eigenvalue weighted by Gasteiger charge is 2.23. The summed E-state index contributed by atoms with van der Waals surface area (Å²) in [5.41, 5.74) is 4.20. The number of hydrogen-bond donors (Lipinski definition) is 1. The molecular weight excluding hydrogens is 603 g/mol. The molecule has 0 unspecified atom stereocenters. The molecular formula is C36H29N3O4S2. The number of nitrogens with one attached hydrogen (secondary N) is 1. The number of carbonyl (C=O) groups is 2. The summed E-state index contributed by atoms with van der Waals surface area (Å²) in [7, 11) is 3.15. The molecule has 2 aromatic heterocycles. The van der Waals surface area contributed by atoms with Crippen molar-refractivity contribution in [2.75, 3.05) is 19.5 Å². The topological polar surface area (TPSA) is 101 Å². The second-order valence-electron chi connectivity index (χ2n) is 9.82. The number of nitrogens with zero attached hydrogens (tertiary/aromatic N) is 2. The molecule has 1 atom stereocenters.